The van der Waals surface area contributed by atoms with Crippen LogP contribution in [0.15, 0.2) is 60.7 Å². The SMILES string of the molecule is COC(=O)N[C@H](C(=O)N1C[C@@H](C)C[C@H]1c1[nH]c2ccc(-c3ccc(-c4ccc5nc([C@@H]6C[C@H](C)CN6C(=O)[C@@H](NC(=O)OC)C(C)C)n(C)c5c4)cc3)cc2c1C)C(C)C. The summed E-state index contributed by atoms with van der Waals surface area (Å²) in [6, 6.07) is 19.6. The molecule has 0 radical (unpaired) electrons. The number of aromatic nitrogens is 3. The van der Waals surface area contributed by atoms with Gasteiger partial charge in [0.15, 0.2) is 0 Å². The number of aryl methyl sites for hydroxylation is 2. The average Bonchev–Trinajstić information content (AvgIpc) is 4.00. The van der Waals surface area contributed by atoms with E-state index in [2.05, 4.69) is 95.6 Å². The molecule has 4 heterocycles. The summed E-state index contributed by atoms with van der Waals surface area (Å²) in [5, 5.41) is 6.61. The van der Waals surface area contributed by atoms with Gasteiger partial charge in [0.2, 0.25) is 11.8 Å². The number of hydrogen-bond acceptors (Lipinski definition) is 7. The van der Waals surface area contributed by atoms with E-state index in [9.17, 15) is 19.2 Å². The molecule has 2 aromatic heterocycles. The lowest BCUT2D eigenvalue weighted by Gasteiger charge is -2.30. The first-order valence-electron chi connectivity index (χ1n) is 21.1. The first-order valence-corrected chi connectivity index (χ1v) is 21.1. The summed E-state index contributed by atoms with van der Waals surface area (Å²) in [5.41, 5.74) is 9.32. The standard InChI is InChI=1S/C47H59N7O6/c1-25(2)40(50-46(57)59-9)44(55)53-23-27(5)19-38(53)42-29(7)34-21-32(15-17-35(34)48-42)30-11-13-31(14-12-30)33-16-18-36-37(22-33)52(8)43(49-36)39-20-28(6)24-54(39)45(56)41(26(3)4)51-47(58)60-10/h11-18,21-22,25-28,38-41,48H,19-20,23-24H2,1-10H3,(H,50,57)(H,51,58)/t27-,28-,38-,39-,40-,41-/m0/s1. The van der Waals surface area contributed by atoms with Gasteiger partial charge in [-0.05, 0) is 95.5 Å². The minimum Gasteiger partial charge on any atom is -0.453 e. The Labute approximate surface area is 352 Å². The molecule has 2 fully saturated rings. The number of nitrogens with zero attached hydrogens (tertiary/aromatic N) is 4. The second-order valence-electron chi connectivity index (χ2n) is 17.6. The van der Waals surface area contributed by atoms with E-state index >= 15 is 0 Å². The van der Waals surface area contributed by atoms with Gasteiger partial charge in [0.25, 0.3) is 0 Å². The summed E-state index contributed by atoms with van der Waals surface area (Å²) in [7, 11) is 4.62. The molecule has 0 aliphatic carbocycles. The van der Waals surface area contributed by atoms with Gasteiger partial charge in [0.05, 0.1) is 37.3 Å². The number of aromatic amines is 1. The number of imidazole rings is 1. The highest BCUT2D eigenvalue weighted by Gasteiger charge is 2.42. The molecule has 13 heteroatoms. The summed E-state index contributed by atoms with van der Waals surface area (Å²) in [5.74, 6) is 0.970. The van der Waals surface area contributed by atoms with Crippen molar-refractivity contribution >= 4 is 45.9 Å². The molecule has 7 rings (SSSR count). The van der Waals surface area contributed by atoms with Gasteiger partial charge in [-0.15, -0.1) is 0 Å². The predicted octanol–water partition coefficient (Wildman–Crippen LogP) is 8.28. The smallest absolute Gasteiger partial charge is 0.407 e. The zero-order chi connectivity index (χ0) is 43.2. The number of nitrogens with one attached hydrogen (secondary N) is 3. The molecule has 2 saturated heterocycles. The summed E-state index contributed by atoms with van der Waals surface area (Å²) >= 11 is 0. The highest BCUT2D eigenvalue weighted by atomic mass is 16.5. The van der Waals surface area contributed by atoms with Crippen LogP contribution in [0.25, 0.3) is 44.2 Å². The van der Waals surface area contributed by atoms with Crippen molar-refractivity contribution in [2.24, 2.45) is 30.7 Å². The number of fused-ring (bicyclic) bond motifs is 2. The lowest BCUT2D eigenvalue weighted by molar-refractivity contribution is -0.136. The molecule has 318 valence electrons. The highest BCUT2D eigenvalue weighted by molar-refractivity contribution is 5.91. The van der Waals surface area contributed by atoms with Gasteiger partial charge in [-0.2, -0.15) is 0 Å². The van der Waals surface area contributed by atoms with Gasteiger partial charge in [-0.1, -0.05) is 77.9 Å². The van der Waals surface area contributed by atoms with Crippen molar-refractivity contribution in [3.63, 3.8) is 0 Å². The molecule has 3 N–H and O–H groups in total. The Morgan fingerprint density at radius 3 is 1.73 bits per heavy atom. The normalized spacial score (nSPS) is 20.3. The first-order chi connectivity index (χ1) is 28.6. The van der Waals surface area contributed by atoms with Crippen LogP contribution in [0.3, 0.4) is 0 Å². The summed E-state index contributed by atoms with van der Waals surface area (Å²) in [6.07, 6.45) is 0.380. The van der Waals surface area contributed by atoms with Crippen molar-refractivity contribution in [3.8, 4) is 22.3 Å². The Bertz CT molecular complexity index is 2250. The van der Waals surface area contributed by atoms with Crippen LogP contribution in [0.1, 0.15) is 83.5 Å². The number of alkyl carbamates (subject to hydrolysis) is 2. The molecule has 2 aliphatic rings. The van der Waals surface area contributed by atoms with Crippen LogP contribution in [-0.4, -0.2) is 87.7 Å². The van der Waals surface area contributed by atoms with Crippen molar-refractivity contribution in [2.75, 3.05) is 27.3 Å². The third-order valence-corrected chi connectivity index (χ3v) is 12.6. The van der Waals surface area contributed by atoms with Gasteiger partial charge in [-0.3, -0.25) is 9.59 Å². The molecule has 3 aromatic carbocycles. The second-order valence-corrected chi connectivity index (χ2v) is 17.6. The number of H-pyrrole nitrogens is 1. The monoisotopic (exact) mass is 817 g/mol. The van der Waals surface area contributed by atoms with Gasteiger partial charge in [0.1, 0.15) is 17.9 Å². The Hall–Kier alpha value is -5.85. The first kappa shape index (κ1) is 42.3. The van der Waals surface area contributed by atoms with E-state index in [-0.39, 0.29) is 41.7 Å². The molecule has 13 nitrogen and oxygen atoms in total. The predicted molar refractivity (Wildman–Crippen MR) is 233 cm³/mol. The van der Waals surface area contributed by atoms with Crippen LogP contribution >= 0.6 is 0 Å². The summed E-state index contributed by atoms with van der Waals surface area (Å²) in [4.78, 5) is 64.6. The zero-order valence-electron chi connectivity index (χ0n) is 36.5. The number of rotatable bonds is 10. The molecule has 0 unspecified atom stereocenters. The average molecular weight is 818 g/mol. The molecular weight excluding hydrogens is 759 g/mol. The quantitative estimate of drug-likeness (QED) is 0.128. The molecule has 2 aliphatic heterocycles. The van der Waals surface area contributed by atoms with Crippen LogP contribution in [0, 0.1) is 30.6 Å². The van der Waals surface area contributed by atoms with E-state index in [4.69, 9.17) is 14.5 Å². The fourth-order valence-corrected chi connectivity index (χ4v) is 9.26. The fraction of sp³-hybridized carbons (Fsp3) is 0.468. The van der Waals surface area contributed by atoms with E-state index in [1.165, 1.54) is 14.2 Å². The summed E-state index contributed by atoms with van der Waals surface area (Å²) in [6.45, 7) is 15.3. The molecule has 6 atom stereocenters. The fourth-order valence-electron chi connectivity index (χ4n) is 9.26. The van der Waals surface area contributed by atoms with Crippen molar-refractivity contribution < 1.29 is 28.7 Å². The number of methoxy groups -OCH3 is 2. The molecular formula is C47H59N7O6. The second kappa shape index (κ2) is 17.0. The molecule has 0 bridgehead atoms. The maximum atomic E-state index is 13.9. The van der Waals surface area contributed by atoms with Crippen molar-refractivity contribution in [1.82, 2.24) is 35.0 Å². The van der Waals surface area contributed by atoms with Crippen molar-refractivity contribution in [1.29, 1.82) is 0 Å². The van der Waals surface area contributed by atoms with Crippen LogP contribution in [0.5, 0.6) is 0 Å². The van der Waals surface area contributed by atoms with Gasteiger partial charge < -0.3 is 39.5 Å². The maximum absolute atomic E-state index is 13.9. The van der Waals surface area contributed by atoms with E-state index < -0.39 is 24.3 Å². The number of amides is 4. The third-order valence-electron chi connectivity index (χ3n) is 12.6. The van der Waals surface area contributed by atoms with Gasteiger partial charge >= 0.3 is 12.2 Å². The number of hydrogen-bond donors (Lipinski definition) is 3. The van der Waals surface area contributed by atoms with Crippen molar-refractivity contribution in [3.05, 3.63) is 77.7 Å². The van der Waals surface area contributed by atoms with E-state index in [1.54, 1.807) is 0 Å². The van der Waals surface area contributed by atoms with Gasteiger partial charge in [0, 0.05) is 36.7 Å². The largest absolute Gasteiger partial charge is 0.453 e. The Morgan fingerprint density at radius 2 is 1.20 bits per heavy atom. The highest BCUT2D eigenvalue weighted by Crippen LogP contribution is 2.41. The topological polar surface area (TPSA) is 151 Å². The minimum absolute atomic E-state index is 0.0974. The van der Waals surface area contributed by atoms with E-state index in [1.807, 2.05) is 50.6 Å². The Balaban J connectivity index is 1.12. The van der Waals surface area contributed by atoms with Crippen molar-refractivity contribution in [2.45, 2.75) is 85.5 Å². The number of ether oxygens (including phenoxy) is 2. The lowest BCUT2D eigenvalue weighted by atomic mass is 9.97. The minimum atomic E-state index is -0.702. The van der Waals surface area contributed by atoms with Crippen LogP contribution < -0.4 is 10.6 Å². The Kier molecular flexibility index (Phi) is 12.0. The number of carbonyl (C=O) groups excluding carboxylic acids is 4. The lowest BCUT2D eigenvalue weighted by Crippen LogP contribution is -2.51. The number of benzene rings is 3. The van der Waals surface area contributed by atoms with E-state index in [0.717, 1.165) is 74.1 Å². The third kappa shape index (κ3) is 8.05. The van der Waals surface area contributed by atoms with Crippen LogP contribution in [-0.2, 0) is 26.1 Å². The molecule has 0 saturated carbocycles. The van der Waals surface area contributed by atoms with Gasteiger partial charge in [-0.25, -0.2) is 14.6 Å². The summed E-state index contributed by atoms with van der Waals surface area (Å²) < 4.78 is 11.7. The molecule has 5 aromatic rings. The number of likely N-dealkylation sites (tertiary alicyclic amines) is 2. The molecule has 60 heavy (non-hydrogen) atoms. The molecule has 4 amide bonds. The van der Waals surface area contributed by atoms with Crippen LogP contribution in [0.4, 0.5) is 9.59 Å². The van der Waals surface area contributed by atoms with Crippen LogP contribution in [0.2, 0.25) is 0 Å². The maximum Gasteiger partial charge on any atom is 0.407 e. The molecule has 0 spiro atoms. The van der Waals surface area contributed by atoms with E-state index in [0.29, 0.717) is 19.0 Å². The number of carbonyl (C=O) groups is 4. The zero-order valence-corrected chi connectivity index (χ0v) is 36.5. The Morgan fingerprint density at radius 1 is 0.717 bits per heavy atom.